The van der Waals surface area contributed by atoms with Crippen LogP contribution in [0.5, 0.6) is 5.75 Å². The summed E-state index contributed by atoms with van der Waals surface area (Å²) in [6.45, 7) is 2.71. The lowest BCUT2D eigenvalue weighted by molar-refractivity contribution is 0.340. The Balaban J connectivity index is 2.66. The highest BCUT2D eigenvalue weighted by Crippen LogP contribution is 2.13. The molecule has 1 rings (SSSR count). The maximum Gasteiger partial charge on any atom is 0.119 e. The molecule has 0 spiro atoms. The number of halogens is 1. The van der Waals surface area contributed by atoms with Gasteiger partial charge in [0.25, 0.3) is 0 Å². The first-order chi connectivity index (χ1) is 5.36. The van der Waals surface area contributed by atoms with Crippen molar-refractivity contribution in [2.75, 3.05) is 6.61 Å². The molecule has 0 saturated carbocycles. The van der Waals surface area contributed by atoms with Crippen LogP contribution in [0.25, 0.3) is 0 Å². The molecule has 2 heteroatoms. The Hall–Kier alpha value is -0.500. The molecule has 0 bridgehead atoms. The summed E-state index contributed by atoms with van der Waals surface area (Å²) in [6, 6.07) is 8.08. The lowest BCUT2D eigenvalue weighted by atomic mass is 10.2. The van der Waals surface area contributed by atoms with E-state index < -0.39 is 0 Å². The van der Waals surface area contributed by atoms with Crippen LogP contribution in [0.3, 0.4) is 0 Å². The molecule has 11 heavy (non-hydrogen) atoms. The molecule has 0 fully saturated rings. The molecule has 0 aliphatic heterocycles. The van der Waals surface area contributed by atoms with E-state index in [1.807, 2.05) is 19.1 Å². The van der Waals surface area contributed by atoms with Crippen molar-refractivity contribution in [1.82, 2.24) is 0 Å². The molecule has 0 unspecified atom stereocenters. The average Bonchev–Trinajstić information content (AvgIpc) is 2.07. The summed E-state index contributed by atoms with van der Waals surface area (Å²) in [5.41, 5.74) is 1.27. The Bertz CT molecular complexity index is 205. The minimum Gasteiger partial charge on any atom is -0.494 e. The van der Waals surface area contributed by atoms with E-state index in [1.165, 1.54) is 5.56 Å². The molecule has 0 saturated heterocycles. The third-order valence-corrected chi connectivity index (χ3v) is 2.04. The Morgan fingerprint density at radius 3 is 2.36 bits per heavy atom. The summed E-state index contributed by atoms with van der Waals surface area (Å²) in [6.07, 6.45) is 0. The normalized spacial score (nSPS) is 9.64. The molecule has 0 aromatic heterocycles. The highest BCUT2D eigenvalue weighted by atomic mass is 79.9. The monoisotopic (exact) mass is 214 g/mol. The second kappa shape index (κ2) is 4.39. The first-order valence-electron chi connectivity index (χ1n) is 3.64. The molecule has 0 radical (unpaired) electrons. The van der Waals surface area contributed by atoms with Gasteiger partial charge in [-0.3, -0.25) is 0 Å². The second-order valence-electron chi connectivity index (χ2n) is 2.21. The van der Waals surface area contributed by atoms with Gasteiger partial charge in [0.2, 0.25) is 0 Å². The maximum atomic E-state index is 5.29. The summed E-state index contributed by atoms with van der Waals surface area (Å²) in [5.74, 6) is 0.942. The molecule has 1 aromatic carbocycles. The zero-order chi connectivity index (χ0) is 8.10. The van der Waals surface area contributed by atoms with Crippen molar-refractivity contribution in [3.05, 3.63) is 29.8 Å². The fourth-order valence-electron chi connectivity index (χ4n) is 0.841. The van der Waals surface area contributed by atoms with Crippen molar-refractivity contribution in [2.24, 2.45) is 0 Å². The third-order valence-electron chi connectivity index (χ3n) is 1.39. The maximum absolute atomic E-state index is 5.29. The molecule has 60 valence electrons. The van der Waals surface area contributed by atoms with E-state index in [4.69, 9.17) is 4.74 Å². The SMILES string of the molecule is CCOc1ccc(CBr)cc1. The minimum absolute atomic E-state index is 0.730. The summed E-state index contributed by atoms with van der Waals surface area (Å²) >= 11 is 3.38. The number of hydrogen-bond acceptors (Lipinski definition) is 1. The summed E-state index contributed by atoms with van der Waals surface area (Å²) in [7, 11) is 0. The van der Waals surface area contributed by atoms with E-state index in [0.717, 1.165) is 17.7 Å². The highest BCUT2D eigenvalue weighted by Gasteiger charge is 1.91. The van der Waals surface area contributed by atoms with E-state index in [-0.39, 0.29) is 0 Å². The van der Waals surface area contributed by atoms with Crippen molar-refractivity contribution < 1.29 is 4.74 Å². The van der Waals surface area contributed by atoms with E-state index in [1.54, 1.807) is 0 Å². The number of benzene rings is 1. The molecule has 1 nitrogen and oxygen atoms in total. The van der Waals surface area contributed by atoms with Crippen molar-refractivity contribution in [3.8, 4) is 5.75 Å². The van der Waals surface area contributed by atoms with Gasteiger partial charge in [-0.2, -0.15) is 0 Å². The first-order valence-corrected chi connectivity index (χ1v) is 4.76. The topological polar surface area (TPSA) is 9.23 Å². The Kier molecular flexibility index (Phi) is 3.43. The van der Waals surface area contributed by atoms with Gasteiger partial charge >= 0.3 is 0 Å². The quantitative estimate of drug-likeness (QED) is 0.704. The zero-order valence-electron chi connectivity index (χ0n) is 6.51. The molecule has 0 heterocycles. The number of rotatable bonds is 3. The van der Waals surface area contributed by atoms with E-state index in [2.05, 4.69) is 28.1 Å². The molecule has 0 aliphatic carbocycles. The van der Waals surface area contributed by atoms with Crippen LogP contribution in [0.4, 0.5) is 0 Å². The van der Waals surface area contributed by atoms with Crippen LogP contribution in [-0.2, 0) is 5.33 Å². The van der Waals surface area contributed by atoms with Crippen molar-refractivity contribution in [3.63, 3.8) is 0 Å². The van der Waals surface area contributed by atoms with Gasteiger partial charge in [0.1, 0.15) is 5.75 Å². The lowest BCUT2D eigenvalue weighted by Crippen LogP contribution is -1.90. The van der Waals surface area contributed by atoms with Gasteiger partial charge in [-0.25, -0.2) is 0 Å². The molecular formula is C9H11BrO. The molecule has 0 amide bonds. The second-order valence-corrected chi connectivity index (χ2v) is 2.77. The third kappa shape index (κ3) is 2.54. The van der Waals surface area contributed by atoms with Crippen LogP contribution in [0.15, 0.2) is 24.3 Å². The fraction of sp³-hybridized carbons (Fsp3) is 0.333. The number of alkyl halides is 1. The number of ether oxygens (including phenoxy) is 1. The Morgan fingerprint density at radius 2 is 1.91 bits per heavy atom. The van der Waals surface area contributed by atoms with Crippen molar-refractivity contribution in [1.29, 1.82) is 0 Å². The molecule has 1 aromatic rings. The lowest BCUT2D eigenvalue weighted by Gasteiger charge is -2.02. The molecule has 0 N–H and O–H groups in total. The van der Waals surface area contributed by atoms with Gasteiger partial charge in [-0.05, 0) is 24.6 Å². The predicted molar refractivity (Wildman–Crippen MR) is 50.2 cm³/mol. The first kappa shape index (κ1) is 8.60. The molecule has 0 atom stereocenters. The van der Waals surface area contributed by atoms with Crippen LogP contribution >= 0.6 is 15.9 Å². The highest BCUT2D eigenvalue weighted by molar-refractivity contribution is 9.08. The Morgan fingerprint density at radius 1 is 1.27 bits per heavy atom. The van der Waals surface area contributed by atoms with E-state index in [9.17, 15) is 0 Å². The van der Waals surface area contributed by atoms with Gasteiger partial charge in [0.15, 0.2) is 0 Å². The van der Waals surface area contributed by atoms with E-state index >= 15 is 0 Å². The van der Waals surface area contributed by atoms with Gasteiger partial charge in [-0.1, -0.05) is 28.1 Å². The molecule has 0 aliphatic rings. The minimum atomic E-state index is 0.730. The Labute approximate surface area is 75.5 Å². The van der Waals surface area contributed by atoms with E-state index in [0.29, 0.717) is 0 Å². The summed E-state index contributed by atoms with van der Waals surface area (Å²) in [4.78, 5) is 0. The van der Waals surface area contributed by atoms with Crippen molar-refractivity contribution >= 4 is 15.9 Å². The van der Waals surface area contributed by atoms with Gasteiger partial charge in [-0.15, -0.1) is 0 Å². The van der Waals surface area contributed by atoms with Crippen LogP contribution in [0.1, 0.15) is 12.5 Å². The van der Waals surface area contributed by atoms with Crippen LogP contribution < -0.4 is 4.74 Å². The predicted octanol–water partition coefficient (Wildman–Crippen LogP) is 2.98. The average molecular weight is 215 g/mol. The largest absolute Gasteiger partial charge is 0.494 e. The summed E-state index contributed by atoms with van der Waals surface area (Å²) < 4.78 is 5.29. The smallest absolute Gasteiger partial charge is 0.119 e. The van der Waals surface area contributed by atoms with Crippen molar-refractivity contribution in [2.45, 2.75) is 12.3 Å². The summed E-state index contributed by atoms with van der Waals surface area (Å²) in [5, 5.41) is 0.902. The number of hydrogen-bond donors (Lipinski definition) is 0. The van der Waals surface area contributed by atoms with Crippen LogP contribution in [-0.4, -0.2) is 6.61 Å². The van der Waals surface area contributed by atoms with Crippen LogP contribution in [0, 0.1) is 0 Å². The van der Waals surface area contributed by atoms with Gasteiger partial charge in [0.05, 0.1) is 6.61 Å². The zero-order valence-corrected chi connectivity index (χ0v) is 8.10. The van der Waals surface area contributed by atoms with Gasteiger partial charge < -0.3 is 4.74 Å². The fourth-order valence-corrected chi connectivity index (χ4v) is 1.22. The molecular weight excluding hydrogens is 204 g/mol. The van der Waals surface area contributed by atoms with Gasteiger partial charge in [0, 0.05) is 5.33 Å². The standard InChI is InChI=1S/C9H11BrO/c1-2-11-9-5-3-8(7-10)4-6-9/h3-6H,2,7H2,1H3. The van der Waals surface area contributed by atoms with Crippen LogP contribution in [0.2, 0.25) is 0 Å².